The van der Waals surface area contributed by atoms with E-state index < -0.39 is 10.0 Å². The largest absolute Gasteiger partial charge is 0.486 e. The third kappa shape index (κ3) is 4.58. The molecular formula is C21H25N3O5S. The highest BCUT2D eigenvalue weighted by molar-refractivity contribution is 7.89. The van der Waals surface area contributed by atoms with Crippen molar-refractivity contribution in [3.05, 3.63) is 48.0 Å². The van der Waals surface area contributed by atoms with E-state index in [1.54, 1.807) is 12.1 Å². The first-order valence-corrected chi connectivity index (χ1v) is 11.3. The first kappa shape index (κ1) is 20.6. The van der Waals surface area contributed by atoms with Crippen molar-refractivity contribution >= 4 is 21.6 Å². The van der Waals surface area contributed by atoms with Gasteiger partial charge in [-0.05, 0) is 36.8 Å². The quantitative estimate of drug-likeness (QED) is 0.776. The number of sulfonamides is 1. The van der Waals surface area contributed by atoms with Gasteiger partial charge in [0.25, 0.3) is 0 Å². The molecule has 0 aromatic heterocycles. The molecule has 0 bridgehead atoms. The summed E-state index contributed by atoms with van der Waals surface area (Å²) in [6, 6.07) is 12.3. The summed E-state index contributed by atoms with van der Waals surface area (Å²) >= 11 is 0. The van der Waals surface area contributed by atoms with E-state index in [2.05, 4.69) is 5.32 Å². The van der Waals surface area contributed by atoms with Crippen LogP contribution in [0.15, 0.2) is 47.4 Å². The number of fused-ring (bicyclic) bond motifs is 1. The first-order valence-electron chi connectivity index (χ1n) is 9.90. The maximum absolute atomic E-state index is 13.0. The number of nitrogens with zero attached hydrogens (tertiary/aromatic N) is 2. The molecule has 0 aliphatic carbocycles. The van der Waals surface area contributed by atoms with Gasteiger partial charge in [0.05, 0.1) is 11.4 Å². The van der Waals surface area contributed by atoms with E-state index in [0.29, 0.717) is 50.9 Å². The van der Waals surface area contributed by atoms with E-state index in [1.807, 2.05) is 36.1 Å². The molecule has 0 unspecified atom stereocenters. The highest BCUT2D eigenvalue weighted by Crippen LogP contribution is 2.33. The number of anilines is 1. The minimum absolute atomic E-state index is 0.108. The summed E-state index contributed by atoms with van der Waals surface area (Å²) in [7, 11) is -3.63. The van der Waals surface area contributed by atoms with E-state index in [9.17, 15) is 13.2 Å². The van der Waals surface area contributed by atoms with Crippen LogP contribution in [0.5, 0.6) is 11.5 Å². The minimum Gasteiger partial charge on any atom is -0.486 e. The third-order valence-electron chi connectivity index (χ3n) is 5.15. The van der Waals surface area contributed by atoms with Crippen molar-refractivity contribution in [3.63, 3.8) is 0 Å². The van der Waals surface area contributed by atoms with Crippen molar-refractivity contribution in [3.8, 4) is 11.5 Å². The summed E-state index contributed by atoms with van der Waals surface area (Å²) in [5.74, 6) is 0.905. The Bertz CT molecular complexity index is 1030. The number of hydrogen-bond donors (Lipinski definition) is 1. The molecule has 160 valence electrons. The standard InChI is InChI=1S/C21H25N3O5S/c1-16-3-2-4-17(13-16)22-21(25)15-23-7-9-24(10-8-23)30(26,27)18-5-6-19-20(14-18)29-12-11-28-19/h2-6,13-14H,7-12,15H2,1H3,(H,22,25). The molecular weight excluding hydrogens is 406 g/mol. The van der Waals surface area contributed by atoms with Crippen LogP contribution in [0.25, 0.3) is 0 Å². The van der Waals surface area contributed by atoms with Crippen LogP contribution >= 0.6 is 0 Å². The number of aryl methyl sites for hydroxylation is 1. The van der Waals surface area contributed by atoms with E-state index in [4.69, 9.17) is 9.47 Å². The lowest BCUT2D eigenvalue weighted by atomic mass is 10.2. The van der Waals surface area contributed by atoms with Crippen LogP contribution in [0.1, 0.15) is 5.56 Å². The van der Waals surface area contributed by atoms with Gasteiger partial charge < -0.3 is 14.8 Å². The molecule has 1 saturated heterocycles. The molecule has 1 amide bonds. The number of carbonyl (C=O) groups excluding carboxylic acids is 1. The number of hydrogen-bond acceptors (Lipinski definition) is 6. The Labute approximate surface area is 176 Å². The summed E-state index contributed by atoms with van der Waals surface area (Å²) in [6.07, 6.45) is 0. The van der Waals surface area contributed by atoms with E-state index in [-0.39, 0.29) is 17.3 Å². The summed E-state index contributed by atoms with van der Waals surface area (Å²) in [6.45, 7) is 4.69. The number of ether oxygens (including phenoxy) is 2. The second-order valence-electron chi connectivity index (χ2n) is 7.40. The number of rotatable bonds is 5. The van der Waals surface area contributed by atoms with Gasteiger partial charge in [-0.3, -0.25) is 9.69 Å². The van der Waals surface area contributed by atoms with Crippen LogP contribution in [-0.2, 0) is 14.8 Å². The molecule has 0 spiro atoms. The topological polar surface area (TPSA) is 88.2 Å². The lowest BCUT2D eigenvalue weighted by molar-refractivity contribution is -0.117. The van der Waals surface area contributed by atoms with Gasteiger partial charge in [0.2, 0.25) is 15.9 Å². The third-order valence-corrected chi connectivity index (χ3v) is 7.05. The predicted octanol–water partition coefficient (Wildman–Crippen LogP) is 1.71. The van der Waals surface area contributed by atoms with Crippen molar-refractivity contribution in [2.24, 2.45) is 0 Å². The molecule has 30 heavy (non-hydrogen) atoms. The molecule has 9 heteroatoms. The van der Waals surface area contributed by atoms with E-state index in [0.717, 1.165) is 11.3 Å². The monoisotopic (exact) mass is 431 g/mol. The fourth-order valence-electron chi connectivity index (χ4n) is 3.59. The van der Waals surface area contributed by atoms with Gasteiger partial charge in [-0.1, -0.05) is 12.1 Å². The Morgan fingerprint density at radius 2 is 1.73 bits per heavy atom. The van der Waals surface area contributed by atoms with Crippen LogP contribution in [-0.4, -0.2) is 69.5 Å². The molecule has 2 heterocycles. The molecule has 2 aromatic carbocycles. The smallest absolute Gasteiger partial charge is 0.243 e. The maximum Gasteiger partial charge on any atom is 0.243 e. The van der Waals surface area contributed by atoms with Crippen molar-refractivity contribution < 1.29 is 22.7 Å². The van der Waals surface area contributed by atoms with Crippen LogP contribution in [0.3, 0.4) is 0 Å². The van der Waals surface area contributed by atoms with Crippen LogP contribution in [0.4, 0.5) is 5.69 Å². The van der Waals surface area contributed by atoms with Gasteiger partial charge in [-0.2, -0.15) is 4.31 Å². The fourth-order valence-corrected chi connectivity index (χ4v) is 5.03. The van der Waals surface area contributed by atoms with Crippen LogP contribution < -0.4 is 14.8 Å². The SMILES string of the molecule is Cc1cccc(NC(=O)CN2CCN(S(=O)(=O)c3ccc4c(c3)OCCO4)CC2)c1. The van der Waals surface area contributed by atoms with Crippen LogP contribution in [0.2, 0.25) is 0 Å². The van der Waals surface area contributed by atoms with Crippen molar-refractivity contribution in [1.29, 1.82) is 0 Å². The maximum atomic E-state index is 13.0. The van der Waals surface area contributed by atoms with Crippen molar-refractivity contribution in [2.75, 3.05) is 51.3 Å². The minimum atomic E-state index is -3.63. The van der Waals surface area contributed by atoms with E-state index >= 15 is 0 Å². The zero-order valence-corrected chi connectivity index (χ0v) is 17.7. The zero-order valence-electron chi connectivity index (χ0n) is 16.8. The van der Waals surface area contributed by atoms with Gasteiger partial charge in [0.1, 0.15) is 13.2 Å². The predicted molar refractivity (Wildman–Crippen MR) is 112 cm³/mol. The molecule has 0 atom stereocenters. The molecule has 1 N–H and O–H groups in total. The normalized spacial score (nSPS) is 17.5. The summed E-state index contributed by atoms with van der Waals surface area (Å²) in [5, 5.41) is 2.89. The highest BCUT2D eigenvalue weighted by atomic mass is 32.2. The number of carbonyl (C=O) groups is 1. The summed E-state index contributed by atoms with van der Waals surface area (Å²) in [4.78, 5) is 14.5. The Morgan fingerprint density at radius 3 is 2.47 bits per heavy atom. The van der Waals surface area contributed by atoms with Crippen molar-refractivity contribution in [2.45, 2.75) is 11.8 Å². The van der Waals surface area contributed by atoms with Gasteiger partial charge in [0, 0.05) is 37.9 Å². The molecule has 0 saturated carbocycles. The van der Waals surface area contributed by atoms with Crippen LogP contribution in [0, 0.1) is 6.92 Å². The average molecular weight is 432 g/mol. The highest BCUT2D eigenvalue weighted by Gasteiger charge is 2.30. The summed E-state index contributed by atoms with van der Waals surface area (Å²) < 4.78 is 38.4. The molecule has 8 nitrogen and oxygen atoms in total. The van der Waals surface area contributed by atoms with Gasteiger partial charge in [0.15, 0.2) is 11.5 Å². The fraction of sp³-hybridized carbons (Fsp3) is 0.381. The second kappa shape index (κ2) is 8.63. The number of amides is 1. The number of piperazine rings is 1. The lowest BCUT2D eigenvalue weighted by Crippen LogP contribution is -2.50. The molecule has 0 radical (unpaired) electrons. The molecule has 2 aliphatic rings. The Morgan fingerprint density at radius 1 is 1.00 bits per heavy atom. The van der Waals surface area contributed by atoms with E-state index in [1.165, 1.54) is 10.4 Å². The average Bonchev–Trinajstić information content (AvgIpc) is 2.73. The molecule has 2 aliphatic heterocycles. The van der Waals surface area contributed by atoms with Gasteiger partial charge in [-0.25, -0.2) is 8.42 Å². The second-order valence-corrected chi connectivity index (χ2v) is 9.34. The summed E-state index contributed by atoms with van der Waals surface area (Å²) in [5.41, 5.74) is 1.84. The lowest BCUT2D eigenvalue weighted by Gasteiger charge is -2.33. The zero-order chi connectivity index (χ0) is 21.1. The number of nitrogens with one attached hydrogen (secondary N) is 1. The van der Waals surface area contributed by atoms with Gasteiger partial charge >= 0.3 is 0 Å². The molecule has 1 fully saturated rings. The Hall–Kier alpha value is -2.62. The Balaban J connectivity index is 1.34. The molecule has 2 aromatic rings. The first-order chi connectivity index (χ1) is 14.4. The molecule has 4 rings (SSSR count). The number of benzene rings is 2. The van der Waals surface area contributed by atoms with Crippen molar-refractivity contribution in [1.82, 2.24) is 9.21 Å². The Kier molecular flexibility index (Phi) is 5.94. The van der Waals surface area contributed by atoms with Gasteiger partial charge in [-0.15, -0.1) is 0 Å².